The van der Waals surface area contributed by atoms with Crippen molar-refractivity contribution in [3.05, 3.63) is 33.2 Å². The predicted molar refractivity (Wildman–Crippen MR) is 162 cm³/mol. The Morgan fingerprint density at radius 3 is 2.54 bits per heavy atom. The Bertz CT molecular complexity index is 1390. The number of phosphoric ester groups is 1. The van der Waals surface area contributed by atoms with E-state index < -0.39 is 37.2 Å². The van der Waals surface area contributed by atoms with Crippen LogP contribution in [0, 0.1) is 5.41 Å². The largest absolute Gasteiger partial charge is 0.474 e. The first-order chi connectivity index (χ1) is 19.1. The summed E-state index contributed by atoms with van der Waals surface area (Å²) in [5, 5.41) is 10.7. The number of carbonyl (C=O) groups excluding carboxylic acids is 2. The Labute approximate surface area is 254 Å². The molecule has 4 atom stereocenters. The first-order valence-electron chi connectivity index (χ1n) is 12.5. The Morgan fingerprint density at radius 2 is 1.93 bits per heavy atom. The highest BCUT2D eigenvalue weighted by atomic mass is 79.9. The number of hydrogen-bond donors (Lipinski definition) is 3. The second-order valence-corrected chi connectivity index (χ2v) is 14.9. The summed E-state index contributed by atoms with van der Waals surface area (Å²) in [6.07, 6.45) is -1.00. The molecule has 3 heterocycles. The van der Waals surface area contributed by atoms with Crippen LogP contribution in [0.25, 0.3) is 11.0 Å². The van der Waals surface area contributed by atoms with Crippen molar-refractivity contribution < 1.29 is 37.6 Å². The first kappa shape index (κ1) is 34.0. The highest BCUT2D eigenvalue weighted by Crippen LogP contribution is 2.50. The molecule has 13 nitrogen and oxygen atoms in total. The Morgan fingerprint density at radius 1 is 1.29 bits per heavy atom. The minimum atomic E-state index is -4.14. The highest BCUT2D eigenvalue weighted by Gasteiger charge is 2.39. The minimum absolute atomic E-state index is 0.0470. The fourth-order valence-corrected chi connectivity index (χ4v) is 7.01. The molecule has 3 rings (SSSR count). The number of carbonyl (C=O) groups is 2. The van der Waals surface area contributed by atoms with Crippen LogP contribution in [0.15, 0.2) is 27.6 Å². The molecule has 1 unspecified atom stereocenters. The molecule has 0 aromatic carbocycles. The lowest BCUT2D eigenvalue weighted by molar-refractivity contribution is -0.117. The van der Waals surface area contributed by atoms with Gasteiger partial charge >= 0.3 is 7.82 Å². The predicted octanol–water partition coefficient (Wildman–Crippen LogP) is 4.02. The SMILES string of the molecule is C=C(C)C(=O)SCCOP(=O)(OCCSC(=O)C(C)(C)C)OC[C@@H]1C[C@@H](O)[C@H](n2cc(Br)c3c(=O)[nH]c(N)nc32)O1. The Balaban J connectivity index is 1.65. The molecule has 0 amide bonds. The van der Waals surface area contributed by atoms with Crippen molar-refractivity contribution in [3.8, 4) is 0 Å². The Kier molecular flexibility index (Phi) is 11.9. The van der Waals surface area contributed by atoms with E-state index >= 15 is 0 Å². The number of ether oxygens (including phenoxy) is 1. The number of aromatic nitrogens is 3. The number of aliphatic hydroxyl groups is 1. The number of phosphoric acid groups is 1. The van der Waals surface area contributed by atoms with Gasteiger partial charge in [0.05, 0.1) is 35.8 Å². The zero-order valence-corrected chi connectivity index (χ0v) is 27.2. The van der Waals surface area contributed by atoms with Gasteiger partial charge in [-0.1, -0.05) is 50.9 Å². The molecule has 1 fully saturated rings. The van der Waals surface area contributed by atoms with Gasteiger partial charge in [-0.15, -0.1) is 0 Å². The van der Waals surface area contributed by atoms with Gasteiger partial charge in [-0.05, 0) is 28.4 Å². The number of nitrogens with zero attached hydrogens (tertiary/aromatic N) is 2. The molecule has 0 bridgehead atoms. The van der Waals surface area contributed by atoms with E-state index in [1.165, 1.54) is 4.57 Å². The van der Waals surface area contributed by atoms with Gasteiger partial charge in [0.25, 0.3) is 5.56 Å². The third-order valence-electron chi connectivity index (χ3n) is 5.61. The number of nitrogens with one attached hydrogen (secondary N) is 1. The van der Waals surface area contributed by atoms with Crippen LogP contribution >= 0.6 is 47.3 Å². The van der Waals surface area contributed by atoms with Crippen LogP contribution < -0.4 is 11.3 Å². The second kappa shape index (κ2) is 14.3. The molecular weight excluding hydrogens is 663 g/mol. The topological polar surface area (TPSA) is 185 Å². The first-order valence-corrected chi connectivity index (χ1v) is 16.8. The summed E-state index contributed by atoms with van der Waals surface area (Å²) in [7, 11) is -4.14. The number of nitrogen functional groups attached to an aromatic ring is 1. The van der Waals surface area contributed by atoms with Crippen molar-refractivity contribution in [2.75, 3.05) is 37.1 Å². The van der Waals surface area contributed by atoms with Gasteiger partial charge in [0.1, 0.15) is 6.10 Å². The summed E-state index contributed by atoms with van der Waals surface area (Å²) in [5.74, 6) is 0.314. The zero-order chi connectivity index (χ0) is 30.5. The summed E-state index contributed by atoms with van der Waals surface area (Å²) in [4.78, 5) is 42.9. The lowest BCUT2D eigenvalue weighted by Gasteiger charge is -2.21. The fraction of sp³-hybridized carbons (Fsp3) is 0.583. The number of aliphatic hydroxyl groups excluding tert-OH is 1. The molecule has 17 heteroatoms. The molecule has 0 radical (unpaired) electrons. The van der Waals surface area contributed by atoms with E-state index in [1.54, 1.807) is 33.9 Å². The summed E-state index contributed by atoms with van der Waals surface area (Å²) in [5.41, 5.74) is 5.30. The quantitative estimate of drug-likeness (QED) is 0.155. The summed E-state index contributed by atoms with van der Waals surface area (Å²) >= 11 is 5.33. The third kappa shape index (κ3) is 9.25. The molecule has 228 valence electrons. The molecule has 41 heavy (non-hydrogen) atoms. The lowest BCUT2D eigenvalue weighted by atomic mass is 10.00. The number of H-pyrrole nitrogens is 1. The fourth-order valence-electron chi connectivity index (χ4n) is 3.60. The third-order valence-corrected chi connectivity index (χ3v) is 9.90. The molecule has 2 aromatic rings. The maximum atomic E-state index is 13.4. The number of rotatable bonds is 13. The molecule has 0 aliphatic carbocycles. The number of hydrogen-bond acceptors (Lipinski definition) is 13. The number of anilines is 1. The molecule has 4 N–H and O–H groups in total. The monoisotopic (exact) mass is 696 g/mol. The molecule has 1 saturated heterocycles. The van der Waals surface area contributed by atoms with Crippen molar-refractivity contribution >= 4 is 74.5 Å². The van der Waals surface area contributed by atoms with Crippen molar-refractivity contribution in [3.63, 3.8) is 0 Å². The van der Waals surface area contributed by atoms with Crippen molar-refractivity contribution in [1.82, 2.24) is 14.5 Å². The van der Waals surface area contributed by atoms with E-state index in [9.17, 15) is 24.1 Å². The van der Waals surface area contributed by atoms with Gasteiger partial charge in [-0.3, -0.25) is 32.9 Å². The van der Waals surface area contributed by atoms with Gasteiger partial charge in [-0.2, -0.15) is 4.98 Å². The van der Waals surface area contributed by atoms with Crippen LogP contribution in [0.5, 0.6) is 0 Å². The maximum absolute atomic E-state index is 13.4. The smallest absolute Gasteiger partial charge is 0.388 e. The Hall–Kier alpha value is -1.49. The minimum Gasteiger partial charge on any atom is -0.388 e. The van der Waals surface area contributed by atoms with Gasteiger partial charge in [0, 0.05) is 29.5 Å². The highest BCUT2D eigenvalue weighted by molar-refractivity contribution is 9.10. The van der Waals surface area contributed by atoms with Gasteiger partial charge in [-0.25, -0.2) is 4.57 Å². The number of fused-ring (bicyclic) bond motifs is 1. The van der Waals surface area contributed by atoms with E-state index in [-0.39, 0.29) is 65.0 Å². The van der Waals surface area contributed by atoms with Gasteiger partial charge in [0.2, 0.25) is 11.1 Å². The summed E-state index contributed by atoms with van der Waals surface area (Å²) in [6.45, 7) is 10.1. The number of halogens is 1. The molecule has 2 aromatic heterocycles. The van der Waals surface area contributed by atoms with Gasteiger partial charge in [0.15, 0.2) is 17.0 Å². The maximum Gasteiger partial charge on any atom is 0.474 e. The van der Waals surface area contributed by atoms with Crippen LogP contribution in [-0.4, -0.2) is 73.4 Å². The average molecular weight is 698 g/mol. The van der Waals surface area contributed by atoms with Crippen LogP contribution in [-0.2, 0) is 32.5 Å². The van der Waals surface area contributed by atoms with Crippen LogP contribution in [0.1, 0.15) is 40.3 Å². The molecule has 1 aliphatic heterocycles. The number of nitrogens with two attached hydrogens (primary N) is 1. The summed E-state index contributed by atoms with van der Waals surface area (Å²) < 4.78 is 37.8. The second-order valence-electron chi connectivity index (χ2n) is 10.2. The van der Waals surface area contributed by atoms with E-state index in [4.69, 9.17) is 24.0 Å². The van der Waals surface area contributed by atoms with Gasteiger partial charge < -0.3 is 20.1 Å². The van der Waals surface area contributed by atoms with Crippen molar-refractivity contribution in [1.29, 1.82) is 0 Å². The van der Waals surface area contributed by atoms with Crippen molar-refractivity contribution in [2.24, 2.45) is 5.41 Å². The number of thioether (sulfide) groups is 2. The van der Waals surface area contributed by atoms with Crippen LogP contribution in [0.3, 0.4) is 0 Å². The van der Waals surface area contributed by atoms with E-state index in [0.717, 1.165) is 23.5 Å². The zero-order valence-electron chi connectivity index (χ0n) is 23.1. The molecular formula is C24H34BrN4O9PS2. The average Bonchev–Trinajstić information content (AvgIpc) is 3.41. The van der Waals surface area contributed by atoms with E-state index in [2.05, 4.69) is 32.5 Å². The van der Waals surface area contributed by atoms with E-state index in [0.29, 0.717) is 10.0 Å². The standard InChI is InChI=1S/C24H34BrN4O9PS2/c1-13(2)21(32)40-8-6-35-39(34,36-7-9-41-22(33)24(3,4)5)37-12-14-10-16(30)20(38-14)29-11-15(25)17-18(29)27-23(26)28-19(17)31/h11,14,16,20,30H,1,6-10,12H2,2-5H3,(H3,26,27,28,31)/t14-,16+,20+,39?/m0/s1. The number of aromatic amines is 1. The molecule has 0 spiro atoms. The normalized spacial score (nSPS) is 20.8. The van der Waals surface area contributed by atoms with E-state index in [1.807, 2.05) is 0 Å². The van der Waals surface area contributed by atoms with Crippen LogP contribution in [0.2, 0.25) is 0 Å². The molecule has 1 aliphatic rings. The summed E-state index contributed by atoms with van der Waals surface area (Å²) in [6, 6.07) is 0. The van der Waals surface area contributed by atoms with Crippen LogP contribution in [0.4, 0.5) is 5.95 Å². The van der Waals surface area contributed by atoms with Crippen molar-refractivity contribution in [2.45, 2.75) is 52.6 Å². The lowest BCUT2D eigenvalue weighted by Crippen LogP contribution is -2.20. The molecule has 0 saturated carbocycles.